The van der Waals surface area contributed by atoms with E-state index >= 15 is 0 Å². The Balaban J connectivity index is 2.19. The van der Waals surface area contributed by atoms with Crippen molar-refractivity contribution >= 4 is 11.8 Å². The van der Waals surface area contributed by atoms with Crippen LogP contribution >= 0.6 is 11.8 Å². The molecule has 1 aliphatic carbocycles. The molecule has 1 saturated heterocycles. The molecular formula is C9H10S. The van der Waals surface area contributed by atoms with Crippen molar-refractivity contribution in [1.29, 1.82) is 0 Å². The zero-order valence-corrected chi connectivity index (χ0v) is 6.77. The molecule has 1 aliphatic heterocycles. The second-order valence-corrected chi connectivity index (χ2v) is 3.85. The maximum atomic E-state index is 3.38. The summed E-state index contributed by atoms with van der Waals surface area (Å²) in [6, 6.07) is 0. The van der Waals surface area contributed by atoms with Crippen LogP contribution < -0.4 is 0 Å². The third-order valence-corrected chi connectivity index (χ3v) is 3.34. The smallest absolute Gasteiger partial charge is 0.0525 e. The summed E-state index contributed by atoms with van der Waals surface area (Å²) in [6.07, 6.45) is 8.84. The number of thioether (sulfide) groups is 1. The molecular weight excluding hydrogens is 140 g/mol. The van der Waals surface area contributed by atoms with Gasteiger partial charge in [-0.1, -0.05) is 31.2 Å². The van der Waals surface area contributed by atoms with Crippen LogP contribution in [0.4, 0.5) is 0 Å². The van der Waals surface area contributed by atoms with E-state index in [2.05, 4.69) is 37.0 Å². The van der Waals surface area contributed by atoms with Gasteiger partial charge in [-0.25, -0.2) is 0 Å². The summed E-state index contributed by atoms with van der Waals surface area (Å²) in [7, 11) is 0. The minimum absolute atomic E-state index is 0.635. The average molecular weight is 150 g/mol. The van der Waals surface area contributed by atoms with Crippen molar-refractivity contribution in [2.24, 2.45) is 11.8 Å². The molecule has 0 aromatic carbocycles. The molecule has 2 aliphatic rings. The Morgan fingerprint density at radius 3 is 2.90 bits per heavy atom. The van der Waals surface area contributed by atoms with Gasteiger partial charge < -0.3 is 0 Å². The highest BCUT2D eigenvalue weighted by Crippen LogP contribution is 2.42. The zero-order chi connectivity index (χ0) is 6.97. The van der Waals surface area contributed by atoms with E-state index in [1.165, 1.54) is 0 Å². The first kappa shape index (κ1) is 6.53. The molecule has 0 saturated carbocycles. The summed E-state index contributed by atoms with van der Waals surface area (Å²) in [6.45, 7) is 2.24. The van der Waals surface area contributed by atoms with Crippen LogP contribution in [0.1, 0.15) is 6.92 Å². The Hall–Kier alpha value is -0.170. The number of fused-ring (bicyclic) bond motifs is 1. The first-order valence-electron chi connectivity index (χ1n) is 3.64. The lowest BCUT2D eigenvalue weighted by Crippen LogP contribution is -2.13. The van der Waals surface area contributed by atoms with Gasteiger partial charge >= 0.3 is 0 Å². The topological polar surface area (TPSA) is 0 Å². The van der Waals surface area contributed by atoms with Gasteiger partial charge in [-0.2, -0.15) is 0 Å². The van der Waals surface area contributed by atoms with Crippen molar-refractivity contribution in [3.05, 3.63) is 30.1 Å². The lowest BCUT2D eigenvalue weighted by molar-refractivity contribution is 0.536. The highest BCUT2D eigenvalue weighted by Gasteiger charge is 2.31. The summed E-state index contributed by atoms with van der Waals surface area (Å²) in [4.78, 5) is 0. The third-order valence-electron chi connectivity index (χ3n) is 2.09. The lowest BCUT2D eigenvalue weighted by Gasteiger charge is -2.16. The molecule has 0 amide bonds. The van der Waals surface area contributed by atoms with Crippen LogP contribution in [-0.4, -0.2) is 5.25 Å². The second-order valence-electron chi connectivity index (χ2n) is 2.84. The van der Waals surface area contributed by atoms with E-state index in [4.69, 9.17) is 0 Å². The number of hydrogen-bond acceptors (Lipinski definition) is 1. The molecule has 1 heterocycles. The molecule has 2 radical (unpaired) electrons. The first-order valence-corrected chi connectivity index (χ1v) is 4.52. The van der Waals surface area contributed by atoms with Crippen LogP contribution in [0.25, 0.3) is 0 Å². The predicted octanol–water partition coefficient (Wildman–Crippen LogP) is 2.52. The quantitative estimate of drug-likeness (QED) is 0.511. The fraction of sp³-hybridized carbons (Fsp3) is 0.444. The highest BCUT2D eigenvalue weighted by atomic mass is 32.2. The first-order chi connectivity index (χ1) is 4.88. The molecule has 0 bridgehead atoms. The summed E-state index contributed by atoms with van der Waals surface area (Å²) < 4.78 is 0. The van der Waals surface area contributed by atoms with Crippen molar-refractivity contribution in [2.75, 3.05) is 0 Å². The SMILES string of the molecule is CC1[C]SC2C=CC=CC12. The standard InChI is InChI=1S/C9H10S/c1-7-6-10-9-5-3-2-4-8(7)9/h2-5,7-9H,1H3. The minimum atomic E-state index is 0.635. The lowest BCUT2D eigenvalue weighted by atomic mass is 9.90. The molecule has 3 atom stereocenters. The molecule has 1 heteroatoms. The fourth-order valence-electron chi connectivity index (χ4n) is 1.44. The van der Waals surface area contributed by atoms with Crippen molar-refractivity contribution in [1.82, 2.24) is 0 Å². The summed E-state index contributed by atoms with van der Waals surface area (Å²) in [5.41, 5.74) is 0. The van der Waals surface area contributed by atoms with E-state index in [0.717, 1.165) is 5.92 Å². The van der Waals surface area contributed by atoms with Crippen LogP contribution in [0.15, 0.2) is 24.3 Å². The molecule has 2 rings (SSSR count). The van der Waals surface area contributed by atoms with Gasteiger partial charge in [0, 0.05) is 5.25 Å². The molecule has 0 nitrogen and oxygen atoms in total. The number of allylic oxidation sites excluding steroid dienone is 3. The number of rotatable bonds is 0. The minimum Gasteiger partial charge on any atom is -0.144 e. The van der Waals surface area contributed by atoms with Gasteiger partial charge in [0.25, 0.3) is 0 Å². The molecule has 1 fully saturated rings. The molecule has 0 aromatic rings. The van der Waals surface area contributed by atoms with Gasteiger partial charge in [0.2, 0.25) is 0 Å². The van der Waals surface area contributed by atoms with Gasteiger partial charge in [0.1, 0.15) is 0 Å². The maximum Gasteiger partial charge on any atom is 0.0525 e. The maximum absolute atomic E-state index is 3.38. The monoisotopic (exact) mass is 150 g/mol. The van der Waals surface area contributed by atoms with E-state index in [0.29, 0.717) is 11.2 Å². The van der Waals surface area contributed by atoms with Crippen molar-refractivity contribution < 1.29 is 0 Å². The molecule has 52 valence electrons. The van der Waals surface area contributed by atoms with Crippen LogP contribution in [0, 0.1) is 17.6 Å². The molecule has 0 N–H and O–H groups in total. The Morgan fingerprint density at radius 2 is 2.10 bits per heavy atom. The Morgan fingerprint density at radius 1 is 1.30 bits per heavy atom. The average Bonchev–Trinajstić information content (AvgIpc) is 2.34. The Kier molecular flexibility index (Phi) is 1.61. The van der Waals surface area contributed by atoms with E-state index in [1.807, 2.05) is 11.8 Å². The van der Waals surface area contributed by atoms with Crippen LogP contribution in [0.5, 0.6) is 0 Å². The summed E-state index contributed by atoms with van der Waals surface area (Å²) >= 11 is 1.85. The van der Waals surface area contributed by atoms with Crippen LogP contribution in [0.2, 0.25) is 0 Å². The van der Waals surface area contributed by atoms with E-state index in [-0.39, 0.29) is 0 Å². The van der Waals surface area contributed by atoms with Gasteiger partial charge in [-0.05, 0) is 11.8 Å². The number of hydrogen-bond donors (Lipinski definition) is 0. The van der Waals surface area contributed by atoms with Crippen molar-refractivity contribution in [3.63, 3.8) is 0 Å². The highest BCUT2D eigenvalue weighted by molar-refractivity contribution is 8.02. The zero-order valence-electron chi connectivity index (χ0n) is 5.95. The molecule has 0 spiro atoms. The van der Waals surface area contributed by atoms with E-state index in [9.17, 15) is 0 Å². The molecule has 3 unspecified atom stereocenters. The second kappa shape index (κ2) is 2.46. The van der Waals surface area contributed by atoms with Gasteiger partial charge in [0.15, 0.2) is 0 Å². The summed E-state index contributed by atoms with van der Waals surface area (Å²) in [5, 5.41) is 0.681. The van der Waals surface area contributed by atoms with Gasteiger partial charge in [-0.3, -0.25) is 0 Å². The Labute approximate surface area is 66.4 Å². The summed E-state index contributed by atoms with van der Waals surface area (Å²) in [5.74, 6) is 4.73. The van der Waals surface area contributed by atoms with Gasteiger partial charge in [-0.15, -0.1) is 11.8 Å². The molecule has 10 heavy (non-hydrogen) atoms. The van der Waals surface area contributed by atoms with E-state index < -0.39 is 0 Å². The predicted molar refractivity (Wildman–Crippen MR) is 45.6 cm³/mol. The van der Waals surface area contributed by atoms with Crippen molar-refractivity contribution in [3.8, 4) is 0 Å². The normalized spacial score (nSPS) is 43.9. The largest absolute Gasteiger partial charge is 0.144 e. The van der Waals surface area contributed by atoms with Crippen LogP contribution in [0.3, 0.4) is 0 Å². The van der Waals surface area contributed by atoms with Crippen LogP contribution in [-0.2, 0) is 0 Å². The van der Waals surface area contributed by atoms with Gasteiger partial charge in [0.05, 0.1) is 5.75 Å². The molecule has 0 aromatic heterocycles. The third kappa shape index (κ3) is 0.929. The van der Waals surface area contributed by atoms with Crippen molar-refractivity contribution in [2.45, 2.75) is 12.2 Å². The van der Waals surface area contributed by atoms with E-state index in [1.54, 1.807) is 0 Å². The Bertz CT molecular complexity index is 181. The fourth-order valence-corrected chi connectivity index (χ4v) is 2.62.